The van der Waals surface area contributed by atoms with Gasteiger partial charge in [0.25, 0.3) is 0 Å². The average molecular weight is 261 g/mol. The van der Waals surface area contributed by atoms with E-state index in [1.54, 1.807) is 4.90 Å². The third kappa shape index (κ3) is 3.13. The highest BCUT2D eigenvalue weighted by molar-refractivity contribution is 5.80. The number of hydrogen-bond acceptors (Lipinski definition) is 2. The van der Waals surface area contributed by atoms with Crippen LogP contribution in [-0.4, -0.2) is 28.4 Å². The van der Waals surface area contributed by atoms with E-state index in [1.165, 1.54) is 0 Å². The monoisotopic (exact) mass is 261 g/mol. The molecule has 1 aliphatic rings. The van der Waals surface area contributed by atoms with Crippen molar-refractivity contribution in [1.82, 2.24) is 4.90 Å². The second-order valence-corrected chi connectivity index (χ2v) is 5.28. The zero-order chi connectivity index (χ0) is 14.0. The summed E-state index contributed by atoms with van der Waals surface area (Å²) in [7, 11) is 0. The van der Waals surface area contributed by atoms with E-state index in [-0.39, 0.29) is 5.91 Å². The second kappa shape index (κ2) is 5.43. The van der Waals surface area contributed by atoms with Gasteiger partial charge < -0.3 is 10.0 Å². The van der Waals surface area contributed by atoms with Gasteiger partial charge in [-0.25, -0.2) is 0 Å². The number of amides is 1. The highest BCUT2D eigenvalue weighted by Crippen LogP contribution is 2.21. The van der Waals surface area contributed by atoms with Crippen molar-refractivity contribution in [2.45, 2.75) is 33.2 Å². The second-order valence-electron chi connectivity index (χ2n) is 5.28. The fourth-order valence-corrected chi connectivity index (χ4v) is 2.45. The van der Waals surface area contributed by atoms with Crippen molar-refractivity contribution in [2.75, 3.05) is 6.54 Å². The molecule has 0 saturated carbocycles. The van der Waals surface area contributed by atoms with Crippen molar-refractivity contribution in [3.8, 4) is 0 Å². The Labute approximate surface area is 113 Å². The van der Waals surface area contributed by atoms with Gasteiger partial charge in [-0.05, 0) is 31.4 Å². The number of carboxylic acid groups (broad SMARTS) is 1. The van der Waals surface area contributed by atoms with Crippen LogP contribution in [0.15, 0.2) is 18.2 Å². The quantitative estimate of drug-likeness (QED) is 0.906. The molecule has 1 aliphatic heterocycles. The summed E-state index contributed by atoms with van der Waals surface area (Å²) in [6, 6.07) is 6.14. The fraction of sp³-hybridized carbons (Fsp3) is 0.467. The number of carbonyl (C=O) groups excluding carboxylic acids is 1. The Morgan fingerprint density at radius 3 is 2.84 bits per heavy atom. The minimum atomic E-state index is -0.807. The lowest BCUT2D eigenvalue weighted by Gasteiger charge is -2.31. The van der Waals surface area contributed by atoms with Gasteiger partial charge in [0.15, 0.2) is 0 Å². The third-order valence-corrected chi connectivity index (χ3v) is 3.72. The van der Waals surface area contributed by atoms with Crippen molar-refractivity contribution < 1.29 is 14.7 Å². The molecular weight excluding hydrogens is 242 g/mol. The first kappa shape index (κ1) is 13.6. The van der Waals surface area contributed by atoms with Crippen LogP contribution in [0.4, 0.5) is 0 Å². The molecule has 1 N–H and O–H groups in total. The molecule has 1 amide bonds. The van der Waals surface area contributed by atoms with Crippen LogP contribution in [-0.2, 0) is 16.1 Å². The first-order valence-electron chi connectivity index (χ1n) is 6.54. The van der Waals surface area contributed by atoms with Gasteiger partial charge in [0.2, 0.25) is 5.91 Å². The van der Waals surface area contributed by atoms with E-state index in [1.807, 2.05) is 26.0 Å². The molecule has 0 radical (unpaired) electrons. The minimum absolute atomic E-state index is 0.0541. The summed E-state index contributed by atoms with van der Waals surface area (Å²) in [5.41, 5.74) is 3.38. The molecule has 1 unspecified atom stereocenters. The van der Waals surface area contributed by atoms with Crippen LogP contribution in [0.3, 0.4) is 0 Å². The maximum atomic E-state index is 11.9. The van der Waals surface area contributed by atoms with Gasteiger partial charge in [-0.15, -0.1) is 0 Å². The van der Waals surface area contributed by atoms with Crippen LogP contribution in [0.2, 0.25) is 0 Å². The molecule has 1 aromatic carbocycles. The predicted molar refractivity (Wildman–Crippen MR) is 71.7 cm³/mol. The molecule has 19 heavy (non-hydrogen) atoms. The molecule has 1 atom stereocenters. The number of nitrogens with zero attached hydrogens (tertiary/aromatic N) is 1. The van der Waals surface area contributed by atoms with E-state index in [0.717, 1.165) is 16.7 Å². The van der Waals surface area contributed by atoms with Gasteiger partial charge in [-0.1, -0.05) is 23.8 Å². The lowest BCUT2D eigenvalue weighted by Crippen LogP contribution is -2.42. The van der Waals surface area contributed by atoms with E-state index in [2.05, 4.69) is 6.07 Å². The Morgan fingerprint density at radius 1 is 1.42 bits per heavy atom. The van der Waals surface area contributed by atoms with Gasteiger partial charge >= 0.3 is 5.97 Å². The van der Waals surface area contributed by atoms with Crippen LogP contribution in [0, 0.1) is 19.8 Å². The third-order valence-electron chi connectivity index (χ3n) is 3.72. The summed E-state index contributed by atoms with van der Waals surface area (Å²) in [5, 5.41) is 9.07. The fourth-order valence-electron chi connectivity index (χ4n) is 2.45. The van der Waals surface area contributed by atoms with Crippen molar-refractivity contribution in [1.29, 1.82) is 0 Å². The highest BCUT2D eigenvalue weighted by Gasteiger charge is 2.30. The maximum Gasteiger partial charge on any atom is 0.308 e. The zero-order valence-corrected chi connectivity index (χ0v) is 11.3. The smallest absolute Gasteiger partial charge is 0.308 e. The van der Waals surface area contributed by atoms with Crippen LogP contribution in [0.25, 0.3) is 0 Å². The summed E-state index contributed by atoms with van der Waals surface area (Å²) < 4.78 is 0. The molecule has 4 heteroatoms. The Kier molecular flexibility index (Phi) is 3.88. The van der Waals surface area contributed by atoms with Gasteiger partial charge in [0.1, 0.15) is 0 Å². The van der Waals surface area contributed by atoms with Crippen LogP contribution in [0.1, 0.15) is 29.5 Å². The van der Waals surface area contributed by atoms with Gasteiger partial charge in [-0.3, -0.25) is 9.59 Å². The summed E-state index contributed by atoms with van der Waals surface area (Å²) in [6.07, 6.45) is 0.791. The molecule has 0 aromatic heterocycles. The number of benzene rings is 1. The Morgan fingerprint density at radius 2 is 2.16 bits per heavy atom. The molecule has 2 rings (SSSR count). The molecule has 0 bridgehead atoms. The highest BCUT2D eigenvalue weighted by atomic mass is 16.4. The topological polar surface area (TPSA) is 57.6 Å². The number of hydrogen-bond donors (Lipinski definition) is 1. The zero-order valence-electron chi connectivity index (χ0n) is 11.3. The molecule has 1 aromatic rings. The summed E-state index contributed by atoms with van der Waals surface area (Å²) in [6.45, 7) is 4.86. The number of aryl methyl sites for hydroxylation is 2. The Balaban J connectivity index is 2.14. The molecular formula is C15H19NO3. The van der Waals surface area contributed by atoms with E-state index < -0.39 is 11.9 Å². The predicted octanol–water partition coefficient (Wildman–Crippen LogP) is 2.13. The van der Waals surface area contributed by atoms with Gasteiger partial charge in [0.05, 0.1) is 5.92 Å². The van der Waals surface area contributed by atoms with Crippen LogP contribution < -0.4 is 0 Å². The van der Waals surface area contributed by atoms with Crippen molar-refractivity contribution >= 4 is 11.9 Å². The Hall–Kier alpha value is -1.84. The normalized spacial score (nSPS) is 19.6. The number of piperidine rings is 1. The van der Waals surface area contributed by atoms with E-state index in [4.69, 9.17) is 5.11 Å². The SMILES string of the molecule is Cc1ccc(C)c(CN2CC(C(=O)O)CCC2=O)c1. The molecule has 102 valence electrons. The standard InChI is InChI=1S/C15H19NO3/c1-10-3-4-11(2)13(7-10)9-16-8-12(15(18)19)5-6-14(16)17/h3-4,7,12H,5-6,8-9H2,1-2H3,(H,18,19). The van der Waals surface area contributed by atoms with E-state index in [0.29, 0.717) is 25.9 Å². The largest absolute Gasteiger partial charge is 0.481 e. The molecule has 1 heterocycles. The summed E-state index contributed by atoms with van der Waals surface area (Å²) in [4.78, 5) is 24.6. The minimum Gasteiger partial charge on any atom is -0.481 e. The Bertz CT molecular complexity index is 510. The summed E-state index contributed by atoms with van der Waals surface area (Å²) in [5.74, 6) is -1.18. The maximum absolute atomic E-state index is 11.9. The van der Waals surface area contributed by atoms with Gasteiger partial charge in [-0.2, -0.15) is 0 Å². The van der Waals surface area contributed by atoms with Crippen molar-refractivity contribution in [3.63, 3.8) is 0 Å². The number of carbonyl (C=O) groups is 2. The molecule has 0 aliphatic carbocycles. The number of rotatable bonds is 3. The first-order valence-corrected chi connectivity index (χ1v) is 6.54. The van der Waals surface area contributed by atoms with Crippen LogP contribution >= 0.6 is 0 Å². The van der Waals surface area contributed by atoms with E-state index in [9.17, 15) is 9.59 Å². The number of carboxylic acids is 1. The first-order chi connectivity index (χ1) is 8.97. The van der Waals surface area contributed by atoms with Gasteiger partial charge in [0, 0.05) is 19.5 Å². The van der Waals surface area contributed by atoms with Crippen molar-refractivity contribution in [2.24, 2.45) is 5.92 Å². The number of likely N-dealkylation sites (tertiary alicyclic amines) is 1. The van der Waals surface area contributed by atoms with Crippen molar-refractivity contribution in [3.05, 3.63) is 34.9 Å². The molecule has 4 nitrogen and oxygen atoms in total. The molecule has 0 spiro atoms. The van der Waals surface area contributed by atoms with E-state index >= 15 is 0 Å². The summed E-state index contributed by atoms with van der Waals surface area (Å²) >= 11 is 0. The lowest BCUT2D eigenvalue weighted by molar-refractivity contribution is -0.147. The average Bonchev–Trinajstić information content (AvgIpc) is 2.36. The van der Waals surface area contributed by atoms with Crippen LogP contribution in [0.5, 0.6) is 0 Å². The molecule has 1 fully saturated rings. The molecule has 1 saturated heterocycles. The lowest BCUT2D eigenvalue weighted by atomic mass is 9.96. The number of aliphatic carboxylic acids is 1.